The van der Waals surface area contributed by atoms with Crippen molar-refractivity contribution < 1.29 is 4.79 Å². The second-order valence-corrected chi connectivity index (χ2v) is 10.7. The van der Waals surface area contributed by atoms with Gasteiger partial charge in [-0.05, 0) is 62.1 Å². The maximum atomic E-state index is 14.0. The van der Waals surface area contributed by atoms with E-state index in [2.05, 4.69) is 41.1 Å². The smallest absolute Gasteiger partial charge is 0.273 e. The maximum absolute atomic E-state index is 14.0. The summed E-state index contributed by atoms with van der Waals surface area (Å²) in [7, 11) is 0. The van der Waals surface area contributed by atoms with Crippen LogP contribution < -0.4 is 5.32 Å². The molecule has 5 aromatic rings. The van der Waals surface area contributed by atoms with Crippen LogP contribution in [0.5, 0.6) is 0 Å². The molecule has 0 saturated heterocycles. The Hall–Kier alpha value is -3.18. The number of hydrogen-bond acceptors (Lipinski definition) is 1. The molecule has 0 unspecified atom stereocenters. The summed E-state index contributed by atoms with van der Waals surface area (Å²) in [6.07, 6.45) is 5.03. The Morgan fingerprint density at radius 3 is 2.43 bits per heavy atom. The fourth-order valence-corrected chi connectivity index (χ4v) is 5.77. The third-order valence-corrected chi connectivity index (χ3v) is 7.96. The molecule has 37 heavy (non-hydrogen) atoms. The number of aromatic nitrogens is 2. The van der Waals surface area contributed by atoms with Crippen molar-refractivity contribution in [1.82, 2.24) is 8.97 Å². The van der Waals surface area contributed by atoms with Crippen molar-refractivity contribution in [2.24, 2.45) is 0 Å². The van der Waals surface area contributed by atoms with Crippen LogP contribution in [0.15, 0.2) is 72.9 Å². The molecule has 4 nitrogen and oxygen atoms in total. The van der Waals surface area contributed by atoms with Gasteiger partial charge in [-0.2, -0.15) is 0 Å². The monoisotopic (exact) mass is 547 g/mol. The minimum absolute atomic E-state index is 0.183. The van der Waals surface area contributed by atoms with Crippen molar-refractivity contribution in [3.63, 3.8) is 0 Å². The lowest BCUT2D eigenvalue weighted by atomic mass is 9.97. The number of benzene rings is 3. The molecule has 1 aliphatic rings. The van der Waals surface area contributed by atoms with Crippen molar-refractivity contribution in [2.75, 3.05) is 5.32 Å². The molecule has 0 saturated carbocycles. The number of aryl methyl sites for hydroxylation is 3. The lowest BCUT2D eigenvalue weighted by molar-refractivity contribution is 0.102. The number of carbonyl (C=O) groups excluding carboxylic acids is 1. The van der Waals surface area contributed by atoms with Gasteiger partial charge in [0.1, 0.15) is 11.3 Å². The van der Waals surface area contributed by atoms with Gasteiger partial charge in [0.15, 0.2) is 0 Å². The molecule has 0 radical (unpaired) electrons. The molecule has 0 aliphatic carbocycles. The van der Waals surface area contributed by atoms with Crippen LogP contribution in [0, 0.1) is 6.92 Å². The molecule has 3 heterocycles. The highest BCUT2D eigenvalue weighted by Crippen LogP contribution is 2.40. The van der Waals surface area contributed by atoms with Gasteiger partial charge in [-0.3, -0.25) is 9.20 Å². The summed E-state index contributed by atoms with van der Waals surface area (Å²) >= 11 is 18.8. The van der Waals surface area contributed by atoms with Crippen LogP contribution in [-0.2, 0) is 13.0 Å². The Morgan fingerprint density at radius 2 is 1.68 bits per heavy atom. The largest absolute Gasteiger partial charge is 0.325 e. The molecule has 0 spiro atoms. The lowest BCUT2D eigenvalue weighted by Crippen LogP contribution is -2.15. The molecular weight excluding hydrogens is 525 g/mol. The molecule has 0 atom stereocenters. The number of rotatable bonds is 4. The molecule has 1 amide bonds. The maximum Gasteiger partial charge on any atom is 0.273 e. The second-order valence-electron chi connectivity index (χ2n) is 9.48. The molecule has 0 fully saturated rings. The van der Waals surface area contributed by atoms with E-state index in [9.17, 15) is 4.79 Å². The van der Waals surface area contributed by atoms with E-state index in [0.29, 0.717) is 26.4 Å². The molecule has 1 N–H and O–H groups in total. The fourth-order valence-electron chi connectivity index (χ4n) is 5.28. The van der Waals surface area contributed by atoms with E-state index in [4.69, 9.17) is 34.8 Å². The average Bonchev–Trinajstić information content (AvgIpc) is 3.29. The number of nitrogens with one attached hydrogen (secondary N) is 1. The van der Waals surface area contributed by atoms with Crippen molar-refractivity contribution in [3.8, 4) is 22.4 Å². The van der Waals surface area contributed by atoms with Gasteiger partial charge in [-0.15, -0.1) is 0 Å². The van der Waals surface area contributed by atoms with Crippen LogP contribution in [-0.4, -0.2) is 14.9 Å². The van der Waals surface area contributed by atoms with Gasteiger partial charge in [0.2, 0.25) is 0 Å². The topological polar surface area (TPSA) is 38.4 Å². The predicted octanol–water partition coefficient (Wildman–Crippen LogP) is 8.93. The van der Waals surface area contributed by atoms with Gasteiger partial charge >= 0.3 is 0 Å². The van der Waals surface area contributed by atoms with Crippen molar-refractivity contribution >= 4 is 52.0 Å². The summed E-state index contributed by atoms with van der Waals surface area (Å²) in [6, 6.07) is 21.3. The van der Waals surface area contributed by atoms with Crippen LogP contribution in [0.3, 0.4) is 0 Å². The normalized spacial score (nSPS) is 13.1. The molecule has 7 heteroatoms. The van der Waals surface area contributed by atoms with E-state index in [-0.39, 0.29) is 5.91 Å². The number of anilines is 1. The first-order valence-corrected chi connectivity index (χ1v) is 13.4. The second kappa shape index (κ2) is 9.60. The van der Waals surface area contributed by atoms with E-state index in [1.165, 1.54) is 11.1 Å². The van der Waals surface area contributed by atoms with Gasteiger partial charge in [-0.25, -0.2) is 0 Å². The zero-order valence-electron chi connectivity index (χ0n) is 20.2. The highest BCUT2D eigenvalue weighted by atomic mass is 35.5. The van der Waals surface area contributed by atoms with E-state index in [0.717, 1.165) is 53.8 Å². The molecule has 1 aliphatic heterocycles. The molecule has 3 aromatic carbocycles. The average molecular weight is 549 g/mol. The standard InChI is InChI=1S/C30H24Cl3N3O/c1-18-8-10-19(11-9-18)27-23-7-2-3-14-35-26(20-12-13-24(32)25(33)15-20)17-36(30(23)35)28(27)29(37)34-22-6-4-5-21(31)16-22/h4-6,8-13,15-17H,2-3,7,14H2,1H3,(H,34,37). The summed E-state index contributed by atoms with van der Waals surface area (Å²) in [5, 5.41) is 4.67. The molecule has 186 valence electrons. The predicted molar refractivity (Wildman–Crippen MR) is 153 cm³/mol. The summed E-state index contributed by atoms with van der Waals surface area (Å²) in [5.41, 5.74) is 8.64. The van der Waals surface area contributed by atoms with Crippen LogP contribution in [0.1, 0.15) is 34.5 Å². The lowest BCUT2D eigenvalue weighted by Gasteiger charge is -2.11. The van der Waals surface area contributed by atoms with Crippen LogP contribution >= 0.6 is 34.8 Å². The zero-order valence-corrected chi connectivity index (χ0v) is 22.5. The van der Waals surface area contributed by atoms with Crippen LogP contribution in [0.4, 0.5) is 5.69 Å². The Labute approximate surface area is 230 Å². The third-order valence-electron chi connectivity index (χ3n) is 6.99. The van der Waals surface area contributed by atoms with E-state index in [1.54, 1.807) is 12.1 Å². The SMILES string of the molecule is Cc1ccc(-c2c3c4n(c(-c5ccc(Cl)c(Cl)c5)cn4c2C(=O)Nc2cccc(Cl)c2)CCCC3)cc1. The quantitative estimate of drug-likeness (QED) is 0.239. The Kier molecular flexibility index (Phi) is 6.28. The van der Waals surface area contributed by atoms with E-state index in [1.807, 2.05) is 40.9 Å². The van der Waals surface area contributed by atoms with Gasteiger partial charge in [-0.1, -0.05) is 76.8 Å². The summed E-state index contributed by atoms with van der Waals surface area (Å²) in [6.45, 7) is 2.92. The molecular formula is C30H24Cl3N3O. The fraction of sp³-hybridized carbons (Fsp3) is 0.167. The Morgan fingerprint density at radius 1 is 0.892 bits per heavy atom. The van der Waals surface area contributed by atoms with Gasteiger partial charge in [0, 0.05) is 40.1 Å². The van der Waals surface area contributed by atoms with Crippen molar-refractivity contribution in [2.45, 2.75) is 32.7 Å². The summed E-state index contributed by atoms with van der Waals surface area (Å²) in [5.74, 6) is -0.183. The zero-order chi connectivity index (χ0) is 25.7. The Bertz CT molecular complexity index is 1660. The number of carbonyl (C=O) groups is 1. The minimum Gasteiger partial charge on any atom is -0.325 e. The van der Waals surface area contributed by atoms with E-state index >= 15 is 0 Å². The number of halogens is 3. The minimum atomic E-state index is -0.183. The van der Waals surface area contributed by atoms with Crippen LogP contribution in [0.25, 0.3) is 28.0 Å². The number of nitrogens with zero attached hydrogens (tertiary/aromatic N) is 2. The summed E-state index contributed by atoms with van der Waals surface area (Å²) < 4.78 is 4.36. The molecule has 0 bridgehead atoms. The van der Waals surface area contributed by atoms with Crippen molar-refractivity contribution in [1.29, 1.82) is 0 Å². The first-order valence-electron chi connectivity index (χ1n) is 12.3. The molecule has 2 aromatic heterocycles. The number of amides is 1. The third kappa shape index (κ3) is 4.33. The van der Waals surface area contributed by atoms with E-state index < -0.39 is 0 Å². The van der Waals surface area contributed by atoms with Crippen LogP contribution in [0.2, 0.25) is 15.1 Å². The highest BCUT2D eigenvalue weighted by molar-refractivity contribution is 6.42. The van der Waals surface area contributed by atoms with Gasteiger partial charge in [0.05, 0.1) is 15.7 Å². The first-order chi connectivity index (χ1) is 17.9. The number of imidazole rings is 1. The first kappa shape index (κ1) is 24.2. The van der Waals surface area contributed by atoms with Gasteiger partial charge < -0.3 is 9.88 Å². The highest BCUT2D eigenvalue weighted by Gasteiger charge is 2.29. The Balaban J connectivity index is 1.61. The van der Waals surface area contributed by atoms with Gasteiger partial charge in [0.25, 0.3) is 5.91 Å². The number of hydrogen-bond donors (Lipinski definition) is 1. The molecule has 6 rings (SSSR count). The van der Waals surface area contributed by atoms with Crippen molar-refractivity contribution in [3.05, 3.63) is 105 Å². The summed E-state index contributed by atoms with van der Waals surface area (Å²) in [4.78, 5) is 14.0.